The average molecular weight is 344 g/mol. The molecule has 1 aromatic carbocycles. The van der Waals surface area contributed by atoms with E-state index in [2.05, 4.69) is 46.2 Å². The van der Waals surface area contributed by atoms with Gasteiger partial charge in [0.2, 0.25) is 0 Å². The van der Waals surface area contributed by atoms with Crippen molar-refractivity contribution in [2.45, 2.75) is 0 Å². The largest absolute Gasteiger partial charge is 0.354 e. The summed E-state index contributed by atoms with van der Waals surface area (Å²) in [7, 11) is 2.16. The van der Waals surface area contributed by atoms with Gasteiger partial charge in [-0.05, 0) is 25.2 Å². The molecular weight excluding hydrogens is 324 g/mol. The standard InChI is InChI=1S/C20H20N6/c1-24-10-12-25(13-11-24)18-7-6-15(14-21-18)20-16-4-2-3-5-17(16)26-19(23-20)8-9-22-26/h2-9,14H,10-13H2,1H3. The van der Waals surface area contributed by atoms with E-state index >= 15 is 0 Å². The Morgan fingerprint density at radius 3 is 2.58 bits per heavy atom. The molecule has 26 heavy (non-hydrogen) atoms. The summed E-state index contributed by atoms with van der Waals surface area (Å²) in [5.41, 5.74) is 3.89. The number of fused-ring (bicyclic) bond motifs is 3. The Hall–Kier alpha value is -2.99. The van der Waals surface area contributed by atoms with Crippen molar-refractivity contribution in [3.05, 3.63) is 54.9 Å². The van der Waals surface area contributed by atoms with Gasteiger partial charge in [-0.2, -0.15) is 5.10 Å². The first kappa shape index (κ1) is 15.3. The van der Waals surface area contributed by atoms with Gasteiger partial charge in [0.1, 0.15) is 5.82 Å². The van der Waals surface area contributed by atoms with E-state index in [9.17, 15) is 0 Å². The summed E-state index contributed by atoms with van der Waals surface area (Å²) < 4.78 is 1.88. The van der Waals surface area contributed by atoms with E-state index < -0.39 is 0 Å². The number of nitrogens with zero attached hydrogens (tertiary/aromatic N) is 6. The number of hydrogen-bond donors (Lipinski definition) is 0. The molecular formula is C20H20N6. The molecule has 6 nitrogen and oxygen atoms in total. The predicted octanol–water partition coefficient (Wildman–Crippen LogP) is 2.70. The minimum Gasteiger partial charge on any atom is -0.354 e. The molecule has 4 aromatic rings. The normalized spacial score (nSPS) is 15.8. The van der Waals surface area contributed by atoms with Gasteiger partial charge in [-0.25, -0.2) is 14.5 Å². The van der Waals surface area contributed by atoms with Crippen LogP contribution < -0.4 is 4.90 Å². The monoisotopic (exact) mass is 344 g/mol. The maximum Gasteiger partial charge on any atom is 0.156 e. The van der Waals surface area contributed by atoms with Gasteiger partial charge in [0.05, 0.1) is 17.4 Å². The van der Waals surface area contributed by atoms with Gasteiger partial charge >= 0.3 is 0 Å². The summed E-state index contributed by atoms with van der Waals surface area (Å²) in [5, 5.41) is 5.47. The Bertz CT molecular complexity index is 1060. The molecule has 1 aliphatic rings. The second-order valence-electron chi connectivity index (χ2n) is 6.77. The van der Waals surface area contributed by atoms with Crippen LogP contribution in [0.1, 0.15) is 0 Å². The van der Waals surface area contributed by atoms with Crippen LogP contribution in [0.25, 0.3) is 27.8 Å². The summed E-state index contributed by atoms with van der Waals surface area (Å²) in [6.07, 6.45) is 3.72. The molecule has 0 spiro atoms. The van der Waals surface area contributed by atoms with Crippen LogP contribution >= 0.6 is 0 Å². The SMILES string of the molecule is CN1CCN(c2ccc(-c3nc4ccnn4c4ccccc34)cn2)CC1. The highest BCUT2D eigenvalue weighted by Crippen LogP contribution is 2.28. The Morgan fingerprint density at radius 2 is 1.77 bits per heavy atom. The van der Waals surface area contributed by atoms with Crippen LogP contribution in [0.3, 0.4) is 0 Å². The van der Waals surface area contributed by atoms with E-state index in [0.29, 0.717) is 0 Å². The van der Waals surface area contributed by atoms with E-state index in [0.717, 1.165) is 59.8 Å². The zero-order chi connectivity index (χ0) is 17.5. The minimum absolute atomic E-state index is 0.849. The molecule has 0 saturated carbocycles. The molecule has 0 unspecified atom stereocenters. The first-order chi connectivity index (χ1) is 12.8. The minimum atomic E-state index is 0.849. The van der Waals surface area contributed by atoms with E-state index in [-0.39, 0.29) is 0 Å². The van der Waals surface area contributed by atoms with Gasteiger partial charge in [-0.3, -0.25) is 0 Å². The lowest BCUT2D eigenvalue weighted by molar-refractivity contribution is 0.312. The summed E-state index contributed by atoms with van der Waals surface area (Å²) in [6.45, 7) is 4.19. The Morgan fingerprint density at radius 1 is 0.923 bits per heavy atom. The molecule has 130 valence electrons. The van der Waals surface area contributed by atoms with Crippen molar-refractivity contribution in [1.82, 2.24) is 24.5 Å². The van der Waals surface area contributed by atoms with E-state index in [1.54, 1.807) is 6.20 Å². The van der Waals surface area contributed by atoms with Crippen molar-refractivity contribution < 1.29 is 0 Å². The number of pyridine rings is 1. The highest BCUT2D eigenvalue weighted by atomic mass is 15.3. The van der Waals surface area contributed by atoms with E-state index in [4.69, 9.17) is 9.97 Å². The van der Waals surface area contributed by atoms with Crippen molar-refractivity contribution in [3.63, 3.8) is 0 Å². The fourth-order valence-electron chi connectivity index (χ4n) is 3.57. The molecule has 1 fully saturated rings. The van der Waals surface area contributed by atoms with Crippen molar-refractivity contribution in [1.29, 1.82) is 0 Å². The number of benzene rings is 1. The zero-order valence-corrected chi connectivity index (χ0v) is 14.7. The molecule has 1 saturated heterocycles. The highest BCUT2D eigenvalue weighted by Gasteiger charge is 2.16. The van der Waals surface area contributed by atoms with Crippen LogP contribution in [0.15, 0.2) is 54.9 Å². The third-order valence-electron chi connectivity index (χ3n) is 5.09. The number of anilines is 1. The molecule has 0 bridgehead atoms. The maximum absolute atomic E-state index is 4.83. The van der Waals surface area contributed by atoms with Crippen LogP contribution in [0.5, 0.6) is 0 Å². The quantitative estimate of drug-likeness (QED) is 0.560. The van der Waals surface area contributed by atoms with Crippen LogP contribution in [-0.2, 0) is 0 Å². The zero-order valence-electron chi connectivity index (χ0n) is 14.7. The molecule has 0 amide bonds. The number of hydrogen-bond acceptors (Lipinski definition) is 5. The van der Waals surface area contributed by atoms with Crippen molar-refractivity contribution in [2.24, 2.45) is 0 Å². The lowest BCUT2D eigenvalue weighted by Gasteiger charge is -2.33. The topological polar surface area (TPSA) is 49.6 Å². The number of rotatable bonds is 2. The third-order valence-corrected chi connectivity index (χ3v) is 5.09. The third kappa shape index (κ3) is 2.50. The number of piperazine rings is 1. The molecule has 0 aliphatic carbocycles. The van der Waals surface area contributed by atoms with Crippen LogP contribution in [0, 0.1) is 0 Å². The summed E-state index contributed by atoms with van der Waals surface area (Å²) in [4.78, 5) is 14.2. The number of para-hydroxylation sites is 1. The molecule has 0 N–H and O–H groups in total. The second-order valence-corrected chi connectivity index (χ2v) is 6.77. The fraction of sp³-hybridized carbons (Fsp3) is 0.250. The van der Waals surface area contributed by atoms with E-state index in [1.807, 2.05) is 28.9 Å². The van der Waals surface area contributed by atoms with Crippen molar-refractivity contribution in [2.75, 3.05) is 38.1 Å². The maximum atomic E-state index is 4.83. The van der Waals surface area contributed by atoms with E-state index in [1.165, 1.54) is 0 Å². The smallest absolute Gasteiger partial charge is 0.156 e. The summed E-state index contributed by atoms with van der Waals surface area (Å²) in [5.74, 6) is 1.04. The summed E-state index contributed by atoms with van der Waals surface area (Å²) in [6, 6.07) is 14.4. The Kier molecular flexibility index (Phi) is 3.57. The first-order valence-corrected chi connectivity index (χ1v) is 8.92. The molecule has 4 heterocycles. The lowest BCUT2D eigenvalue weighted by Crippen LogP contribution is -2.44. The van der Waals surface area contributed by atoms with Gasteiger partial charge in [0.25, 0.3) is 0 Å². The second kappa shape index (κ2) is 6.07. The Balaban J connectivity index is 1.57. The highest BCUT2D eigenvalue weighted by molar-refractivity contribution is 5.94. The van der Waals surface area contributed by atoms with Crippen LogP contribution in [0.4, 0.5) is 5.82 Å². The molecule has 0 radical (unpaired) electrons. The van der Waals surface area contributed by atoms with Gasteiger partial charge in [0, 0.05) is 49.4 Å². The first-order valence-electron chi connectivity index (χ1n) is 8.92. The predicted molar refractivity (Wildman–Crippen MR) is 103 cm³/mol. The molecule has 1 aliphatic heterocycles. The van der Waals surface area contributed by atoms with Gasteiger partial charge in [-0.1, -0.05) is 18.2 Å². The lowest BCUT2D eigenvalue weighted by atomic mass is 10.1. The number of likely N-dealkylation sites (N-methyl/N-ethyl adjacent to an activating group) is 1. The molecule has 0 atom stereocenters. The van der Waals surface area contributed by atoms with Crippen LogP contribution in [-0.4, -0.2) is 57.7 Å². The van der Waals surface area contributed by atoms with Gasteiger partial charge < -0.3 is 9.80 Å². The molecule has 3 aromatic heterocycles. The van der Waals surface area contributed by atoms with Crippen molar-refractivity contribution >= 4 is 22.4 Å². The summed E-state index contributed by atoms with van der Waals surface area (Å²) >= 11 is 0. The van der Waals surface area contributed by atoms with Crippen molar-refractivity contribution in [3.8, 4) is 11.3 Å². The molecule has 6 heteroatoms. The fourth-order valence-corrected chi connectivity index (χ4v) is 3.57. The molecule has 5 rings (SSSR count). The Labute approximate surface area is 151 Å². The van der Waals surface area contributed by atoms with Gasteiger partial charge in [-0.15, -0.1) is 0 Å². The van der Waals surface area contributed by atoms with Crippen LogP contribution in [0.2, 0.25) is 0 Å². The van der Waals surface area contributed by atoms with Gasteiger partial charge in [0.15, 0.2) is 5.65 Å². The number of aromatic nitrogens is 4. The average Bonchev–Trinajstić information content (AvgIpc) is 3.17.